The minimum atomic E-state index is -4.50. The predicted molar refractivity (Wildman–Crippen MR) is 126 cm³/mol. The molecule has 0 aliphatic carbocycles. The summed E-state index contributed by atoms with van der Waals surface area (Å²) in [6.07, 6.45) is 2.73. The van der Waals surface area contributed by atoms with E-state index >= 15 is 0 Å². The van der Waals surface area contributed by atoms with Crippen LogP contribution in [0.4, 0.5) is 10.1 Å². The predicted octanol–water partition coefficient (Wildman–Crippen LogP) is 4.80. The number of fused-ring (bicyclic) bond motifs is 1. The Morgan fingerprint density at radius 3 is 2.43 bits per heavy atom. The fourth-order valence-corrected chi connectivity index (χ4v) is 5.39. The highest BCUT2D eigenvalue weighted by molar-refractivity contribution is 7.93. The number of hydrogen-bond donors (Lipinski definition) is 0. The highest BCUT2D eigenvalue weighted by atomic mass is 32.2. The molecular weight excluding hydrogens is 475 g/mol. The summed E-state index contributed by atoms with van der Waals surface area (Å²) in [5.41, 5.74) is 0.619. The Morgan fingerprint density at radius 1 is 1.06 bits per heavy atom. The van der Waals surface area contributed by atoms with Crippen molar-refractivity contribution in [3.05, 3.63) is 89.2 Å². The number of hydrogen-bond acceptors (Lipinski definition) is 7. The lowest BCUT2D eigenvalue weighted by Gasteiger charge is -2.23. The average molecular weight is 497 g/mol. The van der Waals surface area contributed by atoms with Crippen LogP contribution >= 0.6 is 0 Å². The van der Waals surface area contributed by atoms with Crippen LogP contribution in [-0.2, 0) is 14.8 Å². The monoisotopic (exact) mass is 496 g/mol. The summed E-state index contributed by atoms with van der Waals surface area (Å²) >= 11 is 0. The number of furan rings is 1. The molecule has 4 rings (SSSR count). The van der Waals surface area contributed by atoms with Crippen molar-refractivity contribution in [2.75, 3.05) is 10.9 Å². The Hall–Kier alpha value is -4.05. The average Bonchev–Trinajstić information content (AvgIpc) is 3.14. The number of ether oxygens (including phenoxy) is 1. The van der Waals surface area contributed by atoms with Crippen LogP contribution in [0.2, 0.25) is 0 Å². The van der Waals surface area contributed by atoms with Crippen LogP contribution < -0.4 is 4.31 Å². The van der Waals surface area contributed by atoms with Crippen LogP contribution in [0, 0.1) is 19.7 Å². The van der Waals surface area contributed by atoms with Crippen molar-refractivity contribution in [1.29, 1.82) is 0 Å². The maximum absolute atomic E-state index is 13.8. The Labute approximate surface area is 201 Å². The van der Waals surface area contributed by atoms with Crippen LogP contribution in [0.15, 0.2) is 70.2 Å². The summed E-state index contributed by atoms with van der Waals surface area (Å²) in [6.45, 7) is 4.82. The van der Waals surface area contributed by atoms with Gasteiger partial charge in [-0.05, 0) is 74.9 Å². The molecule has 0 saturated carbocycles. The molecule has 2 aromatic heterocycles. The molecule has 0 spiro atoms. The van der Waals surface area contributed by atoms with E-state index < -0.39 is 27.7 Å². The van der Waals surface area contributed by atoms with Gasteiger partial charge in [0.15, 0.2) is 0 Å². The zero-order valence-electron chi connectivity index (χ0n) is 19.1. The number of nitrogens with zero attached hydrogens (tertiary/aromatic N) is 2. The number of pyridine rings is 1. The molecule has 0 aliphatic rings. The van der Waals surface area contributed by atoms with Gasteiger partial charge in [0.05, 0.1) is 17.2 Å². The van der Waals surface area contributed by atoms with E-state index in [9.17, 15) is 22.4 Å². The lowest BCUT2D eigenvalue weighted by Crippen LogP contribution is -2.37. The second-order valence-electron chi connectivity index (χ2n) is 7.65. The number of aromatic nitrogens is 1. The van der Waals surface area contributed by atoms with Crippen molar-refractivity contribution < 1.29 is 31.6 Å². The van der Waals surface area contributed by atoms with Crippen molar-refractivity contribution in [2.45, 2.75) is 25.7 Å². The van der Waals surface area contributed by atoms with Crippen molar-refractivity contribution >= 4 is 38.6 Å². The van der Waals surface area contributed by atoms with Gasteiger partial charge in [0.2, 0.25) is 0 Å². The summed E-state index contributed by atoms with van der Waals surface area (Å²) < 4.78 is 52.7. The normalized spacial score (nSPS) is 11.4. The van der Waals surface area contributed by atoms with Gasteiger partial charge in [-0.1, -0.05) is 0 Å². The number of rotatable bonds is 6. The van der Waals surface area contributed by atoms with Crippen molar-refractivity contribution in [3.8, 4) is 0 Å². The smallest absolute Gasteiger partial charge is 0.342 e. The maximum atomic E-state index is 13.8. The van der Waals surface area contributed by atoms with Gasteiger partial charge in [0.25, 0.3) is 15.9 Å². The molecule has 0 fully saturated rings. The molecule has 0 N–H and O–H groups in total. The molecule has 0 bridgehead atoms. The molecule has 10 heteroatoms. The molecular formula is C25H21FN2O6S. The summed E-state index contributed by atoms with van der Waals surface area (Å²) in [6, 6.07) is 10.2. The first-order valence-corrected chi connectivity index (χ1v) is 12.0. The van der Waals surface area contributed by atoms with Crippen molar-refractivity contribution in [1.82, 2.24) is 4.98 Å². The van der Waals surface area contributed by atoms with Crippen molar-refractivity contribution in [2.24, 2.45) is 0 Å². The van der Waals surface area contributed by atoms with E-state index in [-0.39, 0.29) is 39.3 Å². The van der Waals surface area contributed by atoms with Gasteiger partial charge in [-0.25, -0.2) is 17.6 Å². The Bertz CT molecular complexity index is 1550. The molecule has 0 aliphatic heterocycles. The van der Waals surface area contributed by atoms with Gasteiger partial charge in [-0.15, -0.1) is 0 Å². The van der Waals surface area contributed by atoms with E-state index in [1.165, 1.54) is 49.6 Å². The second-order valence-corrected chi connectivity index (χ2v) is 9.41. The number of amides is 1. The largest absolute Gasteiger partial charge is 0.462 e. The maximum Gasteiger partial charge on any atom is 0.342 e. The minimum absolute atomic E-state index is 0.0330. The number of benzene rings is 2. The number of anilines is 1. The number of halogens is 1. The topological polar surface area (TPSA) is 107 Å². The quantitative estimate of drug-likeness (QED) is 0.353. The molecule has 0 radical (unpaired) electrons. The van der Waals surface area contributed by atoms with Crippen LogP contribution in [0.3, 0.4) is 0 Å². The van der Waals surface area contributed by atoms with E-state index in [1.807, 2.05) is 0 Å². The fourth-order valence-electron chi connectivity index (χ4n) is 3.77. The Morgan fingerprint density at radius 2 is 1.77 bits per heavy atom. The number of aryl methyl sites for hydroxylation is 2. The lowest BCUT2D eigenvalue weighted by atomic mass is 10.1. The minimum Gasteiger partial charge on any atom is -0.462 e. The van der Waals surface area contributed by atoms with E-state index in [2.05, 4.69) is 4.98 Å². The number of sulfonamides is 1. The first-order chi connectivity index (χ1) is 16.6. The summed E-state index contributed by atoms with van der Waals surface area (Å²) in [5, 5.41) is 0.289. The fraction of sp³-hybridized carbons (Fsp3) is 0.160. The molecule has 1 amide bonds. The van der Waals surface area contributed by atoms with Gasteiger partial charge < -0.3 is 9.15 Å². The third-order valence-electron chi connectivity index (χ3n) is 5.33. The van der Waals surface area contributed by atoms with Gasteiger partial charge in [0.1, 0.15) is 22.7 Å². The molecule has 0 atom stereocenters. The summed E-state index contributed by atoms with van der Waals surface area (Å²) in [7, 11) is -4.50. The van der Waals surface area contributed by atoms with Crippen LogP contribution in [-0.4, -0.2) is 31.9 Å². The Kier molecular flexibility index (Phi) is 6.40. The third-order valence-corrected chi connectivity index (χ3v) is 7.20. The molecule has 0 saturated heterocycles. The summed E-state index contributed by atoms with van der Waals surface area (Å²) in [5.74, 6) is -1.80. The van der Waals surface area contributed by atoms with E-state index in [4.69, 9.17) is 9.15 Å². The number of carbonyl (C=O) groups excluding carboxylic acids is 2. The molecule has 8 nitrogen and oxygen atoms in total. The molecule has 180 valence electrons. The highest BCUT2D eigenvalue weighted by Gasteiger charge is 2.34. The number of carbonyl (C=O) groups is 2. The standard InChI is InChI=1S/C25H21FN2O6S/c1-4-33-25(30)23-16(3)34-21-7-6-19(14-20(21)23)28(24(29)17-9-11-27-12-10-17)35(31,32)22-8-5-18(26)13-15(22)2/h5-14H,4H2,1-3H3. The molecule has 4 aromatic rings. The zero-order chi connectivity index (χ0) is 25.3. The highest BCUT2D eigenvalue weighted by Crippen LogP contribution is 2.34. The van der Waals surface area contributed by atoms with Crippen molar-refractivity contribution in [3.63, 3.8) is 0 Å². The van der Waals surface area contributed by atoms with Crippen LogP contribution in [0.1, 0.15) is 39.0 Å². The second kappa shape index (κ2) is 9.30. The summed E-state index contributed by atoms with van der Waals surface area (Å²) in [4.78, 5) is 29.7. The van der Waals surface area contributed by atoms with E-state index in [0.29, 0.717) is 15.6 Å². The molecule has 35 heavy (non-hydrogen) atoms. The first kappa shape index (κ1) is 24.1. The molecule has 2 heterocycles. The van der Waals surface area contributed by atoms with Gasteiger partial charge in [0, 0.05) is 23.3 Å². The van der Waals surface area contributed by atoms with Crippen LogP contribution in [0.5, 0.6) is 0 Å². The SMILES string of the molecule is CCOC(=O)c1c(C)oc2ccc(N(C(=O)c3ccncc3)S(=O)(=O)c3ccc(F)cc3C)cc12. The lowest BCUT2D eigenvalue weighted by molar-refractivity contribution is 0.0526. The Balaban J connectivity index is 1.96. The molecule has 2 aromatic carbocycles. The third kappa shape index (κ3) is 4.40. The van der Waals surface area contributed by atoms with Gasteiger partial charge in [-0.3, -0.25) is 9.78 Å². The van der Waals surface area contributed by atoms with E-state index in [0.717, 1.165) is 18.2 Å². The first-order valence-electron chi connectivity index (χ1n) is 10.6. The zero-order valence-corrected chi connectivity index (χ0v) is 19.9. The van der Waals surface area contributed by atoms with E-state index in [1.54, 1.807) is 13.8 Å². The van der Waals surface area contributed by atoms with Gasteiger partial charge in [-0.2, -0.15) is 4.31 Å². The van der Waals surface area contributed by atoms with Gasteiger partial charge >= 0.3 is 5.97 Å². The van der Waals surface area contributed by atoms with Crippen LogP contribution in [0.25, 0.3) is 11.0 Å². The number of esters is 1. The molecule has 0 unspecified atom stereocenters.